The quantitative estimate of drug-likeness (QED) is 0.0796. The molecule has 6 heteroatoms. The summed E-state index contributed by atoms with van der Waals surface area (Å²) in [4.78, 5) is 17.3. The van der Waals surface area contributed by atoms with Crippen LogP contribution in [0.4, 0.5) is 0 Å². The number of hydrogen-bond donors (Lipinski definition) is 1. The van der Waals surface area contributed by atoms with E-state index >= 15 is 0 Å². The summed E-state index contributed by atoms with van der Waals surface area (Å²) in [6.45, 7) is 25.3. The number of ketones is 1. The van der Waals surface area contributed by atoms with E-state index in [1.54, 1.807) is 6.26 Å². The van der Waals surface area contributed by atoms with E-state index in [2.05, 4.69) is 108 Å². The van der Waals surface area contributed by atoms with Crippen molar-refractivity contribution in [2.24, 2.45) is 16.7 Å². The maximum absolute atomic E-state index is 12.2. The molecule has 6 rings (SSSR count). The summed E-state index contributed by atoms with van der Waals surface area (Å²) in [5.74, 6) is 1.86. The summed E-state index contributed by atoms with van der Waals surface area (Å²) in [5, 5.41) is 13.6. The third-order valence-corrected chi connectivity index (χ3v) is 11.6. The number of hydrogen-bond acceptors (Lipinski definition) is 5. The van der Waals surface area contributed by atoms with Crippen LogP contribution in [0.15, 0.2) is 87.6 Å². The molecule has 295 valence electrons. The molecule has 1 radical (unpaired) electrons. The van der Waals surface area contributed by atoms with E-state index in [-0.39, 0.29) is 47.9 Å². The molecule has 3 heterocycles. The predicted octanol–water partition coefficient (Wildman–Crippen LogP) is 14.3. The predicted molar refractivity (Wildman–Crippen MR) is 226 cm³/mol. The van der Waals surface area contributed by atoms with Gasteiger partial charge < -0.3 is 13.9 Å². The van der Waals surface area contributed by atoms with Crippen LogP contribution in [0.2, 0.25) is 0 Å². The zero-order valence-corrected chi connectivity index (χ0v) is 37.4. The fourth-order valence-corrected chi connectivity index (χ4v) is 6.92. The van der Waals surface area contributed by atoms with Crippen LogP contribution in [0, 0.1) is 29.7 Å². The normalized spacial score (nSPS) is 12.6. The van der Waals surface area contributed by atoms with Crippen molar-refractivity contribution >= 4 is 38.6 Å². The van der Waals surface area contributed by atoms with Crippen molar-refractivity contribution in [2.45, 2.75) is 121 Å². The fraction of sp³-hybridized carbons (Fsp3) is 0.429. The van der Waals surface area contributed by atoms with E-state index in [1.165, 1.54) is 17.0 Å². The Bertz CT molecular complexity index is 2290. The Balaban J connectivity index is 0.000000320. The van der Waals surface area contributed by atoms with Crippen molar-refractivity contribution in [3.63, 3.8) is 0 Å². The maximum Gasteiger partial charge on any atom is 0.164 e. The first-order valence-corrected chi connectivity index (χ1v) is 19.8. The Hall–Kier alpha value is -3.99. The van der Waals surface area contributed by atoms with E-state index in [9.17, 15) is 9.90 Å². The number of nitrogens with zero attached hydrogens (tertiary/aromatic N) is 1. The van der Waals surface area contributed by atoms with Gasteiger partial charge in [0.1, 0.15) is 22.6 Å². The van der Waals surface area contributed by atoms with Gasteiger partial charge in [0.25, 0.3) is 0 Å². The Morgan fingerprint density at radius 1 is 0.891 bits per heavy atom. The monoisotopic (exact) mass is 919 g/mol. The second-order valence-electron chi connectivity index (χ2n) is 17.0. The van der Waals surface area contributed by atoms with Crippen LogP contribution in [0.5, 0.6) is 0 Å². The largest absolute Gasteiger partial charge is 0.512 e. The Morgan fingerprint density at radius 3 is 2.16 bits per heavy atom. The molecule has 6 aromatic rings. The smallest absolute Gasteiger partial charge is 0.164 e. The minimum Gasteiger partial charge on any atom is -0.512 e. The number of carbonyl (C=O) groups is 1. The van der Waals surface area contributed by atoms with Gasteiger partial charge in [-0.05, 0) is 67.7 Å². The van der Waals surface area contributed by atoms with Crippen LogP contribution in [0.25, 0.3) is 55.2 Å². The first-order chi connectivity index (χ1) is 25.5. The molecule has 5 nitrogen and oxygen atoms in total. The zero-order valence-electron chi connectivity index (χ0n) is 35.0. The molecule has 3 aromatic heterocycles. The average Bonchev–Trinajstić information content (AvgIpc) is 3.74. The van der Waals surface area contributed by atoms with Gasteiger partial charge in [-0.1, -0.05) is 117 Å². The Morgan fingerprint density at radius 2 is 1.55 bits per heavy atom. The Labute approximate surface area is 342 Å². The summed E-state index contributed by atoms with van der Waals surface area (Å²) in [6, 6.07) is 25.1. The number of allylic oxidation sites excluding steroid dienone is 2. The second-order valence-corrected chi connectivity index (χ2v) is 17.0. The summed E-state index contributed by atoms with van der Waals surface area (Å²) in [5.41, 5.74) is 8.33. The molecule has 0 amide bonds. The third kappa shape index (κ3) is 9.35. The van der Waals surface area contributed by atoms with Crippen LogP contribution in [-0.4, -0.2) is 15.9 Å². The van der Waals surface area contributed by atoms with Gasteiger partial charge in [0.2, 0.25) is 0 Å². The van der Waals surface area contributed by atoms with Crippen LogP contribution in [0.3, 0.4) is 0 Å². The molecule has 0 fully saturated rings. The maximum atomic E-state index is 12.2. The average molecular weight is 919 g/mol. The number of benzene rings is 3. The number of furan rings is 2. The van der Waals surface area contributed by atoms with Gasteiger partial charge in [-0.2, -0.15) is 0 Å². The Kier molecular flexibility index (Phi) is 13.9. The molecule has 0 unspecified atom stereocenters. The van der Waals surface area contributed by atoms with Gasteiger partial charge in [-0.3, -0.25) is 9.78 Å². The summed E-state index contributed by atoms with van der Waals surface area (Å²) in [6.07, 6.45) is 7.48. The number of pyridine rings is 1. The first kappa shape index (κ1) is 43.7. The molecular weight excluding hydrogens is 859 g/mol. The fourth-order valence-electron chi connectivity index (χ4n) is 6.92. The zero-order chi connectivity index (χ0) is 39.6. The van der Waals surface area contributed by atoms with Crippen molar-refractivity contribution in [1.82, 2.24) is 4.98 Å². The molecule has 0 saturated heterocycles. The molecule has 0 spiro atoms. The molecule has 0 saturated carbocycles. The van der Waals surface area contributed by atoms with Crippen LogP contribution in [-0.2, 0) is 36.7 Å². The molecule has 55 heavy (non-hydrogen) atoms. The van der Waals surface area contributed by atoms with Gasteiger partial charge in [0, 0.05) is 65.6 Å². The summed E-state index contributed by atoms with van der Waals surface area (Å²) in [7, 11) is 0. The molecule has 0 aliphatic heterocycles. The minimum absolute atomic E-state index is 0. The van der Waals surface area contributed by atoms with Gasteiger partial charge in [-0.25, -0.2) is 0 Å². The number of carbonyl (C=O) groups excluding carboxylic acids is 1. The van der Waals surface area contributed by atoms with E-state index in [0.29, 0.717) is 5.92 Å². The molecule has 3 aromatic carbocycles. The van der Waals surface area contributed by atoms with E-state index < -0.39 is 0 Å². The number of aryl methyl sites for hydroxylation is 1. The molecule has 0 aliphatic carbocycles. The van der Waals surface area contributed by atoms with Crippen molar-refractivity contribution < 1.29 is 38.8 Å². The minimum atomic E-state index is -0.337. The van der Waals surface area contributed by atoms with E-state index in [1.807, 2.05) is 41.5 Å². The third-order valence-electron chi connectivity index (χ3n) is 11.6. The standard InChI is InChI=1S/C34H32NO2.C15H28O2.Ir/c1-20(2)13-26-16-25-15-23(11-12-31(25)37-26)28-18-30(35-32-21(3)19-36-33(28)32)24-14-22-9-7-8-10-27(22)29(17-24)34(4,5)6;1-7-14(5,8-2)12(16)11-13(17)15(6,9-3)10-4;/h7-12,15-20H,13H2,1-6H3;11,16H,7-10H2,1-6H3;/q-1;;/b;12-11-;. The number of aliphatic hydroxyl groups excluding tert-OH is 1. The summed E-state index contributed by atoms with van der Waals surface area (Å²) < 4.78 is 12.1. The molecule has 0 bridgehead atoms. The molecule has 0 aliphatic rings. The van der Waals surface area contributed by atoms with Crippen molar-refractivity contribution in [3.8, 4) is 22.4 Å². The van der Waals surface area contributed by atoms with Crippen LogP contribution in [0.1, 0.15) is 119 Å². The van der Waals surface area contributed by atoms with Crippen LogP contribution < -0.4 is 0 Å². The SMILES string of the molecule is CCC(C)(CC)C(=O)/C=C(\O)C(C)(CC)CC.Cc1coc2c(-c3ccc4oc(CC(C)C)cc4c3)cc(-c3[c-]c4ccccc4c(C(C)(C)C)c3)nc12.[Ir]. The van der Waals surface area contributed by atoms with Gasteiger partial charge in [-0.15, -0.1) is 29.1 Å². The summed E-state index contributed by atoms with van der Waals surface area (Å²) >= 11 is 0. The second kappa shape index (κ2) is 17.4. The van der Waals surface area contributed by atoms with E-state index in [0.717, 1.165) is 93.3 Å². The topological polar surface area (TPSA) is 76.5 Å². The van der Waals surface area contributed by atoms with Gasteiger partial charge in [0.15, 0.2) is 11.4 Å². The number of fused-ring (bicyclic) bond motifs is 3. The van der Waals surface area contributed by atoms with Gasteiger partial charge in [0.05, 0.1) is 6.26 Å². The van der Waals surface area contributed by atoms with E-state index in [4.69, 9.17) is 13.8 Å². The van der Waals surface area contributed by atoms with Gasteiger partial charge >= 0.3 is 0 Å². The van der Waals surface area contributed by atoms with Crippen LogP contribution >= 0.6 is 0 Å². The molecule has 0 atom stereocenters. The number of rotatable bonds is 11. The molecule has 1 N–H and O–H groups in total. The van der Waals surface area contributed by atoms with Crippen molar-refractivity contribution in [3.05, 3.63) is 102 Å². The molecular formula is C49H60IrNO4-. The first-order valence-electron chi connectivity index (χ1n) is 19.8. The number of aromatic nitrogens is 1. The van der Waals surface area contributed by atoms with Crippen molar-refractivity contribution in [1.29, 1.82) is 0 Å². The van der Waals surface area contributed by atoms with Crippen molar-refractivity contribution in [2.75, 3.05) is 0 Å². The number of aliphatic hydroxyl groups is 1.